The highest BCUT2D eigenvalue weighted by molar-refractivity contribution is 5.73. The fraction of sp³-hybridized carbons (Fsp3) is 0.800. The number of carboxylic acid groups (broad SMARTS) is 3. The number of carbonyl (C=O) groups is 3. The van der Waals surface area contributed by atoms with E-state index in [0.717, 1.165) is 19.3 Å². The van der Waals surface area contributed by atoms with Crippen molar-refractivity contribution < 1.29 is 34.2 Å². The number of aliphatic carboxylic acids is 3. The molecular formula is C25H46NO6+. The Balaban J connectivity index is 3.82. The average molecular weight is 457 g/mol. The molecule has 0 aromatic carbocycles. The first-order valence-electron chi connectivity index (χ1n) is 12.5. The molecule has 32 heavy (non-hydrogen) atoms. The van der Waals surface area contributed by atoms with E-state index in [-0.39, 0.29) is 6.54 Å². The van der Waals surface area contributed by atoms with E-state index in [0.29, 0.717) is 6.42 Å². The molecule has 0 saturated heterocycles. The van der Waals surface area contributed by atoms with Gasteiger partial charge >= 0.3 is 17.9 Å². The Hall–Kier alpha value is -1.89. The molecule has 0 aliphatic carbocycles. The van der Waals surface area contributed by atoms with Crippen LogP contribution in [0.5, 0.6) is 0 Å². The van der Waals surface area contributed by atoms with Gasteiger partial charge in [0.15, 0.2) is 19.6 Å². The molecule has 0 unspecified atom stereocenters. The Kier molecular flexibility index (Phi) is 18.6. The Morgan fingerprint density at radius 1 is 0.562 bits per heavy atom. The van der Waals surface area contributed by atoms with Crippen molar-refractivity contribution in [3.8, 4) is 0 Å². The molecule has 186 valence electrons. The summed E-state index contributed by atoms with van der Waals surface area (Å²) in [5.74, 6) is -3.51. The zero-order chi connectivity index (χ0) is 24.1. The number of unbranched alkanes of at least 4 members (excludes halogenated alkanes) is 13. The van der Waals surface area contributed by atoms with E-state index in [1.54, 1.807) is 0 Å². The molecule has 0 atom stereocenters. The number of hydrogen-bond donors (Lipinski definition) is 3. The topological polar surface area (TPSA) is 112 Å². The maximum Gasteiger partial charge on any atom is 0.359 e. The van der Waals surface area contributed by atoms with Crippen LogP contribution in [0, 0.1) is 0 Å². The van der Waals surface area contributed by atoms with Gasteiger partial charge in [-0.1, -0.05) is 83.3 Å². The molecule has 0 aromatic rings. The minimum Gasteiger partial charge on any atom is -0.477 e. The summed E-state index contributed by atoms with van der Waals surface area (Å²) < 4.78 is -0.436. The van der Waals surface area contributed by atoms with Crippen LogP contribution in [0.15, 0.2) is 12.2 Å². The van der Waals surface area contributed by atoms with Gasteiger partial charge in [0.25, 0.3) is 0 Å². The van der Waals surface area contributed by atoms with E-state index in [9.17, 15) is 14.4 Å². The highest BCUT2D eigenvalue weighted by Crippen LogP contribution is 2.15. The number of hydrogen-bond acceptors (Lipinski definition) is 3. The first kappa shape index (κ1) is 30.1. The predicted molar refractivity (Wildman–Crippen MR) is 127 cm³/mol. The molecular weight excluding hydrogens is 410 g/mol. The molecule has 3 N–H and O–H groups in total. The van der Waals surface area contributed by atoms with Crippen LogP contribution in [0.3, 0.4) is 0 Å². The molecule has 0 aromatic heterocycles. The molecule has 7 nitrogen and oxygen atoms in total. The smallest absolute Gasteiger partial charge is 0.359 e. The lowest BCUT2D eigenvalue weighted by molar-refractivity contribution is -0.907. The quantitative estimate of drug-likeness (QED) is 0.107. The lowest BCUT2D eigenvalue weighted by atomic mass is 10.0. The number of quaternary nitrogens is 1. The average Bonchev–Trinajstić information content (AvgIpc) is 2.68. The van der Waals surface area contributed by atoms with E-state index >= 15 is 0 Å². The Morgan fingerprint density at radius 2 is 0.906 bits per heavy atom. The molecule has 0 saturated carbocycles. The maximum absolute atomic E-state index is 11.2. The molecule has 0 radical (unpaired) electrons. The van der Waals surface area contributed by atoms with Crippen molar-refractivity contribution in [2.45, 2.75) is 103 Å². The molecule has 7 heteroatoms. The van der Waals surface area contributed by atoms with Crippen LogP contribution in [0.4, 0.5) is 0 Å². The highest BCUT2D eigenvalue weighted by atomic mass is 16.4. The Labute approximate surface area is 194 Å². The van der Waals surface area contributed by atoms with E-state index in [1.807, 2.05) is 0 Å². The Morgan fingerprint density at radius 3 is 1.28 bits per heavy atom. The summed E-state index contributed by atoms with van der Waals surface area (Å²) in [7, 11) is 0. The van der Waals surface area contributed by atoms with Crippen molar-refractivity contribution >= 4 is 17.9 Å². The van der Waals surface area contributed by atoms with Gasteiger partial charge in [0.2, 0.25) is 0 Å². The maximum atomic E-state index is 11.2. The van der Waals surface area contributed by atoms with Gasteiger partial charge in [0.05, 0.1) is 6.54 Å². The third-order valence-corrected chi connectivity index (χ3v) is 5.81. The van der Waals surface area contributed by atoms with Crippen LogP contribution < -0.4 is 0 Å². The van der Waals surface area contributed by atoms with Gasteiger partial charge in [-0.25, -0.2) is 14.4 Å². The minimum atomic E-state index is -1.17. The van der Waals surface area contributed by atoms with Crippen molar-refractivity contribution in [3.63, 3.8) is 0 Å². The lowest BCUT2D eigenvalue weighted by Crippen LogP contribution is -2.57. The van der Waals surface area contributed by atoms with Gasteiger partial charge in [-0.15, -0.1) is 0 Å². The largest absolute Gasteiger partial charge is 0.477 e. The molecule has 0 spiro atoms. The third-order valence-electron chi connectivity index (χ3n) is 5.81. The zero-order valence-corrected chi connectivity index (χ0v) is 20.1. The number of nitrogens with zero attached hydrogens (tertiary/aromatic N) is 1. The molecule has 0 fully saturated rings. The summed E-state index contributed by atoms with van der Waals surface area (Å²) in [5.41, 5.74) is 0. The van der Waals surface area contributed by atoms with Crippen LogP contribution in [0.2, 0.25) is 0 Å². The van der Waals surface area contributed by atoms with Crippen LogP contribution >= 0.6 is 0 Å². The second-order valence-electron chi connectivity index (χ2n) is 9.01. The summed E-state index contributed by atoms with van der Waals surface area (Å²) in [6.45, 7) is 1.05. The first-order valence-corrected chi connectivity index (χ1v) is 12.5. The van der Waals surface area contributed by atoms with Crippen LogP contribution in [0.1, 0.15) is 103 Å². The molecule has 0 rings (SSSR count). The third kappa shape index (κ3) is 18.8. The zero-order valence-electron chi connectivity index (χ0n) is 20.1. The van der Waals surface area contributed by atoms with E-state index in [2.05, 4.69) is 19.1 Å². The van der Waals surface area contributed by atoms with Crippen molar-refractivity contribution in [2.24, 2.45) is 0 Å². The summed E-state index contributed by atoms with van der Waals surface area (Å²) in [4.78, 5) is 33.5. The fourth-order valence-electron chi connectivity index (χ4n) is 4.12. The summed E-state index contributed by atoms with van der Waals surface area (Å²) >= 11 is 0. The highest BCUT2D eigenvalue weighted by Gasteiger charge is 2.35. The van der Waals surface area contributed by atoms with Crippen LogP contribution in [-0.2, 0) is 14.4 Å². The van der Waals surface area contributed by atoms with E-state index in [4.69, 9.17) is 15.3 Å². The van der Waals surface area contributed by atoms with E-state index in [1.165, 1.54) is 70.6 Å². The van der Waals surface area contributed by atoms with Gasteiger partial charge in [-0.3, -0.25) is 4.48 Å². The number of carboxylic acids is 3. The van der Waals surface area contributed by atoms with Gasteiger partial charge in [-0.05, 0) is 32.1 Å². The van der Waals surface area contributed by atoms with Crippen molar-refractivity contribution in [3.05, 3.63) is 12.2 Å². The minimum absolute atomic E-state index is 0.263. The van der Waals surface area contributed by atoms with Gasteiger partial charge in [0.1, 0.15) is 0 Å². The number of allylic oxidation sites excluding steroid dienone is 2. The molecule has 0 amide bonds. The standard InChI is InChI=1S/C25H45NO6/c1-2-3-4-5-6-7-8-9-10-11-12-13-14-15-16-17-18-19-26(20-23(27)28,21-24(29)30)22-25(31)32/h5-6H,2-4,7-22H2,1H3,(H2-,27,28,29,30,31,32)/p+1/b6-5+. The van der Waals surface area contributed by atoms with Crippen LogP contribution in [-0.4, -0.2) is 63.9 Å². The Bertz CT molecular complexity index is 506. The summed E-state index contributed by atoms with van der Waals surface area (Å²) in [6.07, 6.45) is 22.1. The predicted octanol–water partition coefficient (Wildman–Crippen LogP) is 5.48. The van der Waals surface area contributed by atoms with Gasteiger partial charge in [-0.2, -0.15) is 0 Å². The monoisotopic (exact) mass is 456 g/mol. The SMILES string of the molecule is CCCC/C=C/CCCCCCCCCCCCC[N+](CC(=O)O)(CC(=O)O)CC(=O)O. The molecule has 0 aliphatic heterocycles. The summed E-state index contributed by atoms with van der Waals surface area (Å²) in [5, 5.41) is 27.3. The lowest BCUT2D eigenvalue weighted by Gasteiger charge is -2.34. The van der Waals surface area contributed by atoms with E-state index < -0.39 is 42.0 Å². The van der Waals surface area contributed by atoms with Crippen molar-refractivity contribution in [2.75, 3.05) is 26.2 Å². The fourth-order valence-corrected chi connectivity index (χ4v) is 4.12. The second kappa shape index (κ2) is 19.8. The van der Waals surface area contributed by atoms with Crippen LogP contribution in [0.25, 0.3) is 0 Å². The first-order chi connectivity index (χ1) is 15.3. The van der Waals surface area contributed by atoms with Gasteiger partial charge in [0, 0.05) is 0 Å². The van der Waals surface area contributed by atoms with Gasteiger partial charge < -0.3 is 15.3 Å². The molecule has 0 aliphatic rings. The summed E-state index contributed by atoms with van der Waals surface area (Å²) in [6, 6.07) is 0. The number of rotatable bonds is 23. The van der Waals surface area contributed by atoms with Crippen molar-refractivity contribution in [1.82, 2.24) is 0 Å². The molecule has 0 heterocycles. The normalized spacial score (nSPS) is 11.8. The molecule has 0 bridgehead atoms. The van der Waals surface area contributed by atoms with Crippen molar-refractivity contribution in [1.29, 1.82) is 0 Å². The second-order valence-corrected chi connectivity index (χ2v) is 9.01.